The maximum atomic E-state index is 5.92. The maximum absolute atomic E-state index is 5.92. The number of nitrogens with zero attached hydrogens (tertiary/aromatic N) is 2. The van der Waals surface area contributed by atoms with Crippen molar-refractivity contribution in [3.8, 4) is 11.6 Å². The second-order valence-corrected chi connectivity index (χ2v) is 7.06. The zero-order chi connectivity index (χ0) is 19.8. The summed E-state index contributed by atoms with van der Waals surface area (Å²) >= 11 is 0. The summed E-state index contributed by atoms with van der Waals surface area (Å²) in [7, 11) is 0. The number of hydrogen-bond donors (Lipinski definition) is 2. The molecule has 1 aromatic heterocycles. The molecule has 1 fully saturated rings. The highest BCUT2D eigenvalue weighted by Crippen LogP contribution is 2.22. The first-order valence-corrected chi connectivity index (χ1v) is 9.98. The van der Waals surface area contributed by atoms with Gasteiger partial charge in [-0.05, 0) is 68.5 Å². The molecule has 2 heterocycles. The monoisotopic (exact) mass is 382 g/mol. The number of aliphatic imine (C=N–C) groups is 1. The van der Waals surface area contributed by atoms with Crippen LogP contribution in [0.2, 0.25) is 0 Å². The van der Waals surface area contributed by atoms with Crippen molar-refractivity contribution >= 4 is 5.96 Å². The maximum Gasteiger partial charge on any atom is 0.219 e. The van der Waals surface area contributed by atoms with Crippen molar-refractivity contribution in [2.24, 2.45) is 4.99 Å². The van der Waals surface area contributed by atoms with Crippen molar-refractivity contribution in [2.75, 3.05) is 19.7 Å². The minimum absolute atomic E-state index is 0.280. The SMILES string of the molecule is CCNC(=NCc1ccnc(Oc2ccc(C)c(C)c2)c1)NCC1CCCO1. The third-order valence-corrected chi connectivity index (χ3v) is 4.79. The number of rotatable bonds is 7. The molecule has 1 aromatic carbocycles. The van der Waals surface area contributed by atoms with Crippen molar-refractivity contribution < 1.29 is 9.47 Å². The van der Waals surface area contributed by atoms with Crippen LogP contribution in [0, 0.1) is 13.8 Å². The Morgan fingerprint density at radius 1 is 1.21 bits per heavy atom. The highest BCUT2D eigenvalue weighted by atomic mass is 16.5. The molecule has 1 atom stereocenters. The molecule has 0 amide bonds. The van der Waals surface area contributed by atoms with Gasteiger partial charge in [0.05, 0.1) is 12.6 Å². The lowest BCUT2D eigenvalue weighted by molar-refractivity contribution is 0.114. The van der Waals surface area contributed by atoms with E-state index < -0.39 is 0 Å². The van der Waals surface area contributed by atoms with E-state index >= 15 is 0 Å². The van der Waals surface area contributed by atoms with Crippen molar-refractivity contribution in [3.63, 3.8) is 0 Å². The van der Waals surface area contributed by atoms with Gasteiger partial charge in [0, 0.05) is 32.0 Å². The summed E-state index contributed by atoms with van der Waals surface area (Å²) in [5.74, 6) is 2.17. The second-order valence-electron chi connectivity index (χ2n) is 7.06. The molecule has 2 aromatic rings. The van der Waals surface area contributed by atoms with Gasteiger partial charge in [-0.2, -0.15) is 0 Å². The molecule has 0 spiro atoms. The topological polar surface area (TPSA) is 67.8 Å². The Morgan fingerprint density at radius 3 is 2.86 bits per heavy atom. The summed E-state index contributed by atoms with van der Waals surface area (Å²) in [5, 5.41) is 6.65. The zero-order valence-electron chi connectivity index (χ0n) is 17.0. The molecule has 6 nitrogen and oxygen atoms in total. The number of aryl methyl sites for hydroxylation is 2. The van der Waals surface area contributed by atoms with Crippen LogP contribution in [0.3, 0.4) is 0 Å². The highest BCUT2D eigenvalue weighted by Gasteiger charge is 2.15. The predicted octanol–water partition coefficient (Wildman–Crippen LogP) is 3.72. The first kappa shape index (κ1) is 20.1. The molecule has 1 unspecified atom stereocenters. The summed E-state index contributed by atoms with van der Waals surface area (Å²) in [6.45, 7) is 9.23. The normalized spacial score (nSPS) is 16.8. The number of aromatic nitrogens is 1. The van der Waals surface area contributed by atoms with Gasteiger partial charge in [-0.3, -0.25) is 0 Å². The first-order chi connectivity index (χ1) is 13.6. The van der Waals surface area contributed by atoms with Crippen LogP contribution >= 0.6 is 0 Å². The van der Waals surface area contributed by atoms with Crippen molar-refractivity contribution in [2.45, 2.75) is 46.3 Å². The van der Waals surface area contributed by atoms with Crippen LogP contribution in [-0.2, 0) is 11.3 Å². The van der Waals surface area contributed by atoms with Gasteiger partial charge >= 0.3 is 0 Å². The number of guanidine groups is 1. The molecule has 0 saturated carbocycles. The summed E-state index contributed by atoms with van der Waals surface area (Å²) in [6.07, 6.45) is 4.28. The number of benzene rings is 1. The number of pyridine rings is 1. The Labute approximate surface area is 167 Å². The quantitative estimate of drug-likeness (QED) is 0.564. The van der Waals surface area contributed by atoms with Gasteiger partial charge < -0.3 is 20.1 Å². The molecular weight excluding hydrogens is 352 g/mol. The largest absolute Gasteiger partial charge is 0.439 e. The van der Waals surface area contributed by atoms with Gasteiger partial charge in [0.25, 0.3) is 0 Å². The molecule has 1 aliphatic rings. The standard InChI is InChI=1S/C22H30N4O2/c1-4-23-22(26-15-20-6-5-11-27-20)25-14-18-9-10-24-21(13-18)28-19-8-7-16(2)17(3)12-19/h7-10,12-13,20H,4-6,11,14-15H2,1-3H3,(H2,23,25,26). The molecule has 1 saturated heterocycles. The molecular formula is C22H30N4O2. The van der Waals surface area contributed by atoms with Crippen molar-refractivity contribution in [1.29, 1.82) is 0 Å². The van der Waals surface area contributed by atoms with E-state index in [-0.39, 0.29) is 6.10 Å². The van der Waals surface area contributed by atoms with Gasteiger partial charge in [-0.25, -0.2) is 9.98 Å². The molecule has 150 valence electrons. The van der Waals surface area contributed by atoms with Crippen LogP contribution in [0.5, 0.6) is 11.6 Å². The third-order valence-electron chi connectivity index (χ3n) is 4.79. The van der Waals surface area contributed by atoms with Crippen LogP contribution in [0.4, 0.5) is 0 Å². The summed E-state index contributed by atoms with van der Waals surface area (Å²) in [6, 6.07) is 9.94. The molecule has 0 aliphatic carbocycles. The molecule has 1 aliphatic heterocycles. The van der Waals surface area contributed by atoms with Crippen LogP contribution in [0.1, 0.15) is 36.5 Å². The molecule has 0 radical (unpaired) electrons. The lowest BCUT2D eigenvalue weighted by Gasteiger charge is -2.14. The van der Waals surface area contributed by atoms with E-state index in [9.17, 15) is 0 Å². The Balaban J connectivity index is 1.61. The van der Waals surface area contributed by atoms with E-state index in [0.717, 1.165) is 49.8 Å². The van der Waals surface area contributed by atoms with Gasteiger partial charge in [0.1, 0.15) is 5.75 Å². The van der Waals surface area contributed by atoms with Crippen LogP contribution < -0.4 is 15.4 Å². The van der Waals surface area contributed by atoms with E-state index in [1.165, 1.54) is 11.1 Å². The lowest BCUT2D eigenvalue weighted by atomic mass is 10.1. The molecule has 6 heteroatoms. The molecule has 3 rings (SSSR count). The van der Waals surface area contributed by atoms with Crippen molar-refractivity contribution in [3.05, 3.63) is 53.2 Å². The number of hydrogen-bond acceptors (Lipinski definition) is 4. The molecule has 2 N–H and O–H groups in total. The Hall–Kier alpha value is -2.60. The Kier molecular flexibility index (Phi) is 7.25. The van der Waals surface area contributed by atoms with Gasteiger partial charge in [-0.1, -0.05) is 6.07 Å². The second kappa shape index (κ2) is 10.1. The van der Waals surface area contributed by atoms with Crippen LogP contribution in [0.15, 0.2) is 41.5 Å². The van der Waals surface area contributed by atoms with E-state index in [2.05, 4.69) is 47.4 Å². The average Bonchev–Trinajstić information content (AvgIpc) is 3.21. The Morgan fingerprint density at radius 2 is 2.11 bits per heavy atom. The first-order valence-electron chi connectivity index (χ1n) is 9.98. The van der Waals surface area contributed by atoms with E-state index in [1.807, 2.05) is 24.3 Å². The van der Waals surface area contributed by atoms with Gasteiger partial charge in [0.15, 0.2) is 5.96 Å². The van der Waals surface area contributed by atoms with Gasteiger partial charge in [-0.15, -0.1) is 0 Å². The number of nitrogens with one attached hydrogen (secondary N) is 2. The van der Waals surface area contributed by atoms with Crippen molar-refractivity contribution in [1.82, 2.24) is 15.6 Å². The highest BCUT2D eigenvalue weighted by molar-refractivity contribution is 5.79. The van der Waals surface area contributed by atoms with Gasteiger partial charge in [0.2, 0.25) is 5.88 Å². The predicted molar refractivity (Wildman–Crippen MR) is 112 cm³/mol. The van der Waals surface area contributed by atoms with Crippen LogP contribution in [-0.4, -0.2) is 36.7 Å². The minimum atomic E-state index is 0.280. The molecule has 0 bridgehead atoms. The fourth-order valence-corrected chi connectivity index (χ4v) is 3.03. The van der Waals surface area contributed by atoms with E-state index in [4.69, 9.17) is 9.47 Å². The summed E-state index contributed by atoms with van der Waals surface area (Å²) < 4.78 is 11.6. The fraction of sp³-hybridized carbons (Fsp3) is 0.455. The third kappa shape index (κ3) is 5.96. The minimum Gasteiger partial charge on any atom is -0.439 e. The zero-order valence-corrected chi connectivity index (χ0v) is 17.0. The van der Waals surface area contributed by atoms with E-state index in [0.29, 0.717) is 12.4 Å². The fourth-order valence-electron chi connectivity index (χ4n) is 3.03. The molecule has 28 heavy (non-hydrogen) atoms. The lowest BCUT2D eigenvalue weighted by Crippen LogP contribution is -2.41. The number of ether oxygens (including phenoxy) is 2. The smallest absolute Gasteiger partial charge is 0.219 e. The van der Waals surface area contributed by atoms with E-state index in [1.54, 1.807) is 6.20 Å². The van der Waals surface area contributed by atoms with Crippen LogP contribution in [0.25, 0.3) is 0 Å². The average molecular weight is 383 g/mol. The Bertz CT molecular complexity index is 801. The summed E-state index contributed by atoms with van der Waals surface area (Å²) in [4.78, 5) is 8.99. The summed E-state index contributed by atoms with van der Waals surface area (Å²) in [5.41, 5.74) is 3.49.